The van der Waals surface area contributed by atoms with Crippen LogP contribution in [0, 0.1) is 11.8 Å². The third kappa shape index (κ3) is 2.92. The molecule has 3 atom stereocenters. The number of hydrogen-bond donors (Lipinski definition) is 1. The molecule has 3 unspecified atom stereocenters. The van der Waals surface area contributed by atoms with Crippen molar-refractivity contribution in [3.05, 3.63) is 34.3 Å². The molecule has 1 fully saturated rings. The van der Waals surface area contributed by atoms with E-state index in [1.165, 1.54) is 22.9 Å². The Morgan fingerprint density at radius 2 is 2.00 bits per heavy atom. The summed E-state index contributed by atoms with van der Waals surface area (Å²) in [5, 5.41) is 0. The van der Waals surface area contributed by atoms with Crippen LogP contribution >= 0.6 is 15.9 Å². The highest BCUT2D eigenvalue weighted by Gasteiger charge is 2.37. The van der Waals surface area contributed by atoms with Gasteiger partial charge in [0.2, 0.25) is 0 Å². The van der Waals surface area contributed by atoms with Gasteiger partial charge in [-0.15, -0.1) is 0 Å². The fourth-order valence-corrected chi connectivity index (χ4v) is 3.44. The molecule has 2 N–H and O–H groups in total. The molecule has 0 heterocycles. The summed E-state index contributed by atoms with van der Waals surface area (Å²) in [5.74, 6) is 1.38. The first kappa shape index (κ1) is 13.1. The minimum absolute atomic E-state index is 0.0263. The molecule has 94 valence electrons. The highest BCUT2D eigenvalue weighted by atomic mass is 79.9. The zero-order chi connectivity index (χ0) is 12.5. The van der Waals surface area contributed by atoms with Crippen LogP contribution in [0.15, 0.2) is 28.7 Å². The molecular weight excluding hydrogens is 274 g/mol. The van der Waals surface area contributed by atoms with Crippen molar-refractivity contribution in [1.82, 2.24) is 0 Å². The predicted molar refractivity (Wildman–Crippen MR) is 76.9 cm³/mol. The fourth-order valence-electron chi connectivity index (χ4n) is 3.02. The number of rotatable bonds is 2. The van der Waals surface area contributed by atoms with Crippen LogP contribution < -0.4 is 5.73 Å². The van der Waals surface area contributed by atoms with Gasteiger partial charge in [-0.3, -0.25) is 0 Å². The van der Waals surface area contributed by atoms with Gasteiger partial charge in [0, 0.05) is 10.0 Å². The van der Waals surface area contributed by atoms with Crippen molar-refractivity contribution in [2.24, 2.45) is 17.6 Å². The van der Waals surface area contributed by atoms with Crippen molar-refractivity contribution in [3.63, 3.8) is 0 Å². The van der Waals surface area contributed by atoms with Crippen LogP contribution in [0.2, 0.25) is 0 Å². The highest BCUT2D eigenvalue weighted by molar-refractivity contribution is 9.10. The molecule has 0 radical (unpaired) electrons. The van der Waals surface area contributed by atoms with Gasteiger partial charge in [0.1, 0.15) is 0 Å². The molecule has 0 saturated heterocycles. The van der Waals surface area contributed by atoms with E-state index in [0.29, 0.717) is 5.92 Å². The van der Waals surface area contributed by atoms with E-state index in [2.05, 4.69) is 54.0 Å². The van der Waals surface area contributed by atoms with Crippen molar-refractivity contribution < 1.29 is 0 Å². The number of nitrogens with two attached hydrogens (primary N) is 1. The van der Waals surface area contributed by atoms with Gasteiger partial charge >= 0.3 is 0 Å². The molecule has 0 aliphatic heterocycles. The maximum atomic E-state index is 6.67. The fraction of sp³-hybridized carbons (Fsp3) is 0.600. The second kappa shape index (κ2) is 5.11. The van der Waals surface area contributed by atoms with Crippen LogP contribution in [-0.2, 0) is 6.42 Å². The first-order valence-corrected chi connectivity index (χ1v) is 7.33. The molecule has 1 aliphatic carbocycles. The van der Waals surface area contributed by atoms with Crippen molar-refractivity contribution in [2.75, 3.05) is 0 Å². The molecule has 1 nitrogen and oxygen atoms in total. The third-order valence-corrected chi connectivity index (χ3v) is 5.05. The third-order valence-electron chi connectivity index (χ3n) is 4.28. The molecule has 1 aromatic carbocycles. The molecule has 1 aromatic rings. The summed E-state index contributed by atoms with van der Waals surface area (Å²) in [7, 11) is 0. The number of benzene rings is 1. The van der Waals surface area contributed by atoms with E-state index in [0.717, 1.165) is 18.8 Å². The lowest BCUT2D eigenvalue weighted by Gasteiger charge is -2.42. The van der Waals surface area contributed by atoms with Gasteiger partial charge in [0.15, 0.2) is 0 Å². The van der Waals surface area contributed by atoms with Crippen molar-refractivity contribution in [1.29, 1.82) is 0 Å². The quantitative estimate of drug-likeness (QED) is 0.872. The van der Waals surface area contributed by atoms with Crippen LogP contribution in [0.25, 0.3) is 0 Å². The Morgan fingerprint density at radius 1 is 1.29 bits per heavy atom. The maximum Gasteiger partial charge on any atom is 0.0224 e. The summed E-state index contributed by atoms with van der Waals surface area (Å²) in [6, 6.07) is 8.45. The SMILES string of the molecule is CC1CCC(C)C(N)(Cc2ccccc2Br)C1. The molecule has 0 spiro atoms. The molecule has 2 rings (SSSR count). The van der Waals surface area contributed by atoms with Gasteiger partial charge in [-0.2, -0.15) is 0 Å². The normalized spacial score (nSPS) is 33.6. The van der Waals surface area contributed by atoms with E-state index in [9.17, 15) is 0 Å². The smallest absolute Gasteiger partial charge is 0.0224 e. The van der Waals surface area contributed by atoms with Gasteiger partial charge in [0.05, 0.1) is 0 Å². The van der Waals surface area contributed by atoms with E-state index < -0.39 is 0 Å². The average molecular weight is 296 g/mol. The summed E-state index contributed by atoms with van der Waals surface area (Å²) in [6.45, 7) is 4.64. The van der Waals surface area contributed by atoms with Crippen LogP contribution in [0.3, 0.4) is 0 Å². The lowest BCUT2D eigenvalue weighted by Crippen LogP contribution is -2.51. The Labute approximate surface area is 113 Å². The topological polar surface area (TPSA) is 26.0 Å². The summed E-state index contributed by atoms with van der Waals surface area (Å²) in [5.41, 5.74) is 7.99. The molecule has 1 saturated carbocycles. The second-order valence-corrected chi connectivity index (χ2v) is 6.64. The van der Waals surface area contributed by atoms with Crippen LogP contribution in [0.4, 0.5) is 0 Å². The summed E-state index contributed by atoms with van der Waals surface area (Å²) in [6.07, 6.45) is 4.73. The number of hydrogen-bond acceptors (Lipinski definition) is 1. The molecule has 1 aliphatic rings. The van der Waals surface area contributed by atoms with Crippen molar-refractivity contribution in [2.45, 2.75) is 45.1 Å². The Balaban J connectivity index is 2.18. The maximum absolute atomic E-state index is 6.67. The second-order valence-electron chi connectivity index (χ2n) is 5.79. The molecule has 2 heteroatoms. The van der Waals surface area contributed by atoms with Gasteiger partial charge in [0.25, 0.3) is 0 Å². The van der Waals surface area contributed by atoms with E-state index >= 15 is 0 Å². The number of halogens is 1. The van der Waals surface area contributed by atoms with E-state index in [1.807, 2.05) is 0 Å². The lowest BCUT2D eigenvalue weighted by molar-refractivity contribution is 0.161. The Morgan fingerprint density at radius 3 is 2.71 bits per heavy atom. The van der Waals surface area contributed by atoms with Crippen molar-refractivity contribution in [3.8, 4) is 0 Å². The Kier molecular flexibility index (Phi) is 3.94. The minimum Gasteiger partial charge on any atom is -0.325 e. The van der Waals surface area contributed by atoms with Gasteiger partial charge < -0.3 is 5.73 Å². The van der Waals surface area contributed by atoms with Crippen molar-refractivity contribution >= 4 is 15.9 Å². The molecule has 0 bridgehead atoms. The summed E-state index contributed by atoms with van der Waals surface area (Å²) < 4.78 is 1.19. The minimum atomic E-state index is -0.0263. The van der Waals surface area contributed by atoms with Crippen LogP contribution in [-0.4, -0.2) is 5.54 Å². The molecule has 0 amide bonds. The Bertz CT molecular complexity index is 390. The molecule has 17 heavy (non-hydrogen) atoms. The van der Waals surface area contributed by atoms with Crippen LogP contribution in [0.1, 0.15) is 38.7 Å². The lowest BCUT2D eigenvalue weighted by atomic mass is 9.68. The molecular formula is C15H22BrN. The predicted octanol–water partition coefficient (Wildman–Crippen LogP) is 4.15. The first-order chi connectivity index (χ1) is 8.01. The summed E-state index contributed by atoms with van der Waals surface area (Å²) >= 11 is 3.63. The van der Waals surface area contributed by atoms with Gasteiger partial charge in [-0.05, 0) is 42.7 Å². The largest absolute Gasteiger partial charge is 0.325 e. The van der Waals surface area contributed by atoms with E-state index in [4.69, 9.17) is 5.73 Å². The zero-order valence-corrected chi connectivity index (χ0v) is 12.3. The average Bonchev–Trinajstić information content (AvgIpc) is 2.27. The standard InChI is InChI=1S/C15H22BrN/c1-11-7-8-12(2)15(17,9-11)10-13-5-3-4-6-14(13)16/h3-6,11-12H,7-10,17H2,1-2H3. The first-order valence-electron chi connectivity index (χ1n) is 6.53. The zero-order valence-electron chi connectivity index (χ0n) is 10.7. The van der Waals surface area contributed by atoms with E-state index in [-0.39, 0.29) is 5.54 Å². The highest BCUT2D eigenvalue weighted by Crippen LogP contribution is 2.38. The van der Waals surface area contributed by atoms with Gasteiger partial charge in [-0.25, -0.2) is 0 Å². The van der Waals surface area contributed by atoms with Crippen LogP contribution in [0.5, 0.6) is 0 Å². The van der Waals surface area contributed by atoms with E-state index in [1.54, 1.807) is 0 Å². The summed E-state index contributed by atoms with van der Waals surface area (Å²) in [4.78, 5) is 0. The molecule has 0 aromatic heterocycles. The monoisotopic (exact) mass is 295 g/mol. The van der Waals surface area contributed by atoms with Gasteiger partial charge in [-0.1, -0.05) is 54.4 Å². The Hall–Kier alpha value is -0.340.